The molecule has 0 aromatic carbocycles. The van der Waals surface area contributed by atoms with Gasteiger partial charge in [0.2, 0.25) is 0 Å². The molecule has 69 heavy (non-hydrogen) atoms. The molecule has 6 aliphatic rings. The van der Waals surface area contributed by atoms with Crippen molar-refractivity contribution in [1.29, 1.82) is 0 Å². The molecular weight excluding hydrogens is 876 g/mol. The van der Waals surface area contributed by atoms with Crippen LogP contribution in [0.15, 0.2) is 71.4 Å². The Kier molecular flexibility index (Phi) is 27.3. The second-order valence-corrected chi connectivity index (χ2v) is 25.9. The maximum Gasteiger partial charge on any atom is 1.00 e. The van der Waals surface area contributed by atoms with Crippen LogP contribution >= 0.6 is 0 Å². The first-order valence-corrected chi connectivity index (χ1v) is 27.1. The van der Waals surface area contributed by atoms with Crippen LogP contribution in [0.1, 0.15) is 232 Å². The van der Waals surface area contributed by atoms with Gasteiger partial charge in [-0.05, 0) is 210 Å². The normalized spacial score (nSPS) is 33.7. The largest absolute Gasteiger partial charge is 1.00 e. The molecule has 0 spiro atoms. The van der Waals surface area contributed by atoms with Gasteiger partial charge in [-0.3, -0.25) is 4.79 Å². The van der Waals surface area contributed by atoms with Crippen molar-refractivity contribution < 1.29 is 76.6 Å². The summed E-state index contributed by atoms with van der Waals surface area (Å²) >= 11 is 0. The summed E-state index contributed by atoms with van der Waals surface area (Å²) in [5.74, 6) is 4.26. The predicted molar refractivity (Wildman–Crippen MR) is 292 cm³/mol. The number of allylic oxidation sites excluding steroid dienone is 6. The van der Waals surface area contributed by atoms with Gasteiger partial charge in [0, 0.05) is 6.92 Å². The molecule has 6 rings (SSSR count). The molecule has 3 N–H and O–H groups in total. The quantitative estimate of drug-likeness (QED) is 0.109. The zero-order valence-electron chi connectivity index (χ0n) is 46.9. The van der Waals surface area contributed by atoms with Crippen LogP contribution < -0.4 is 51.4 Å². The molecule has 9 atom stereocenters. The van der Waals surface area contributed by atoms with E-state index >= 15 is 0 Å². The Labute approximate surface area is 469 Å². The molecule has 0 unspecified atom stereocenters. The number of esters is 1. The number of carbonyl (C=O) groups excluding carboxylic acids is 1. The minimum absolute atomic E-state index is 0. The Morgan fingerprint density at radius 3 is 1.07 bits per heavy atom. The standard InChI is InChI=1S/C22H36O2.2C20H34O.CH4.K.H2O/c1-16(12-15-24-18(3)23)8-10-19-17(2)9-11-20-21(4,5)13-7-14-22(19,20)6;2*1-15(11-14-21)7-9-17-16(2)8-10-18-19(3,4)12-6-13-20(17,18)5;;;/h12,19-20H,2,7-11,13-15H2,1,3-6H3;2*11,17-18,21H,2,6-10,12-14H2,1,3-5H3;1H4;;1H2/q;;;;+1;/p-1/b;15-11+;15-11-;;;/t19-,20-,22+;2*17-,18-,20+;;;/m000.../s1. The van der Waals surface area contributed by atoms with E-state index in [9.17, 15) is 4.79 Å². The maximum atomic E-state index is 10.9. The average Bonchev–Trinajstić information content (AvgIpc) is 3.19. The molecular formula is C63H109KO5. The second kappa shape index (κ2) is 28.4. The van der Waals surface area contributed by atoms with Gasteiger partial charge >= 0.3 is 57.4 Å². The summed E-state index contributed by atoms with van der Waals surface area (Å²) in [7, 11) is 0. The van der Waals surface area contributed by atoms with Crippen LogP contribution in [0.3, 0.4) is 0 Å². The molecule has 6 fully saturated rings. The van der Waals surface area contributed by atoms with Crippen molar-refractivity contribution in [2.45, 2.75) is 232 Å². The van der Waals surface area contributed by atoms with E-state index in [0.29, 0.717) is 56.9 Å². The number of hydrogen-bond donors (Lipinski definition) is 2. The zero-order chi connectivity index (χ0) is 49.3. The third-order valence-corrected chi connectivity index (χ3v) is 20.0. The van der Waals surface area contributed by atoms with Crippen molar-refractivity contribution in [1.82, 2.24) is 0 Å². The van der Waals surface area contributed by atoms with Crippen molar-refractivity contribution in [2.75, 3.05) is 19.8 Å². The second-order valence-electron chi connectivity index (χ2n) is 25.9. The molecule has 0 aromatic heterocycles. The van der Waals surface area contributed by atoms with E-state index in [1.807, 2.05) is 12.2 Å². The number of aliphatic hydroxyl groups is 2. The van der Waals surface area contributed by atoms with Crippen LogP contribution in [0.25, 0.3) is 0 Å². The van der Waals surface area contributed by atoms with Gasteiger partial charge in [-0.15, -0.1) is 0 Å². The molecule has 0 radical (unpaired) electrons. The van der Waals surface area contributed by atoms with Crippen LogP contribution in [0.5, 0.6) is 0 Å². The van der Waals surface area contributed by atoms with Crippen molar-refractivity contribution in [3.05, 3.63) is 71.4 Å². The van der Waals surface area contributed by atoms with Crippen molar-refractivity contribution >= 4 is 5.97 Å². The fourth-order valence-corrected chi connectivity index (χ4v) is 16.5. The van der Waals surface area contributed by atoms with Gasteiger partial charge in [-0.1, -0.05) is 154 Å². The Bertz CT molecular complexity index is 1680. The smallest absolute Gasteiger partial charge is 0.870 e. The van der Waals surface area contributed by atoms with Gasteiger partial charge in [-0.25, -0.2) is 0 Å². The van der Waals surface area contributed by atoms with E-state index in [1.165, 1.54) is 156 Å². The minimum Gasteiger partial charge on any atom is -0.870 e. The Balaban J connectivity index is 0.000000508. The first-order valence-electron chi connectivity index (χ1n) is 27.1. The number of ether oxygens (including phenoxy) is 1. The van der Waals surface area contributed by atoms with Crippen molar-refractivity contribution in [3.63, 3.8) is 0 Å². The molecule has 0 heterocycles. The Morgan fingerprint density at radius 1 is 0.536 bits per heavy atom. The molecule has 6 heteroatoms. The van der Waals surface area contributed by atoms with Gasteiger partial charge in [0.25, 0.3) is 0 Å². The van der Waals surface area contributed by atoms with E-state index in [4.69, 9.17) is 14.9 Å². The van der Waals surface area contributed by atoms with E-state index in [0.717, 1.165) is 37.0 Å². The summed E-state index contributed by atoms with van der Waals surface area (Å²) in [5.41, 5.74) is 11.2. The first kappa shape index (κ1) is 66.4. The topological polar surface area (TPSA) is 96.8 Å². The molecule has 392 valence electrons. The molecule has 0 saturated heterocycles. The van der Waals surface area contributed by atoms with Crippen LogP contribution in [0, 0.1) is 68.0 Å². The third kappa shape index (κ3) is 16.7. The molecule has 0 aromatic rings. The number of fused-ring (bicyclic) bond motifs is 3. The van der Waals surface area contributed by atoms with Crippen LogP contribution in [0.4, 0.5) is 0 Å². The maximum absolute atomic E-state index is 10.9. The molecule has 0 amide bonds. The van der Waals surface area contributed by atoms with Gasteiger partial charge < -0.3 is 20.4 Å². The SMILES string of the molecule is C.C=C1CC[C@H]2C(C)(C)CCC[C@]2(C)[C@H]1CC/C(C)=C/CO.C=C1CC[C@H]2C(C)(C)CCC[C@]2(C)[C@H]1CC/C(C)=C\CO.C=C1CC[C@H]2C(C)(C)CCC[C@]2(C)[C@H]1CCC(C)=CCOC(C)=O.[K+].[OH-]. The Hall–Kier alpha value is -0.574. The summed E-state index contributed by atoms with van der Waals surface area (Å²) < 4.78 is 5.03. The summed E-state index contributed by atoms with van der Waals surface area (Å²) in [4.78, 5) is 10.9. The molecule has 0 aliphatic heterocycles. The van der Waals surface area contributed by atoms with Crippen LogP contribution in [-0.4, -0.2) is 41.5 Å². The fourth-order valence-electron chi connectivity index (χ4n) is 16.5. The third-order valence-electron chi connectivity index (χ3n) is 20.0. The van der Waals surface area contributed by atoms with Gasteiger partial charge in [0.15, 0.2) is 0 Å². The number of aliphatic hydroxyl groups excluding tert-OH is 2. The van der Waals surface area contributed by atoms with Crippen LogP contribution in [0.2, 0.25) is 0 Å². The number of rotatable bonds is 13. The van der Waals surface area contributed by atoms with Gasteiger partial charge in [-0.2, -0.15) is 0 Å². The van der Waals surface area contributed by atoms with Crippen LogP contribution in [-0.2, 0) is 9.53 Å². The van der Waals surface area contributed by atoms with Gasteiger partial charge in [0.05, 0.1) is 13.2 Å². The summed E-state index contributed by atoms with van der Waals surface area (Å²) in [6.45, 7) is 44.5. The van der Waals surface area contributed by atoms with Crippen molar-refractivity contribution in [2.24, 2.45) is 68.0 Å². The number of hydrogen-bond acceptors (Lipinski definition) is 5. The molecule has 6 aliphatic carbocycles. The summed E-state index contributed by atoms with van der Waals surface area (Å²) in [5, 5.41) is 18.1. The molecule has 0 bridgehead atoms. The van der Waals surface area contributed by atoms with E-state index in [-0.39, 0.29) is 83.5 Å². The van der Waals surface area contributed by atoms with E-state index in [2.05, 4.69) is 109 Å². The van der Waals surface area contributed by atoms with E-state index < -0.39 is 0 Å². The summed E-state index contributed by atoms with van der Waals surface area (Å²) in [6.07, 6.45) is 32.8. The fraction of sp³-hybridized carbons (Fsp3) is 0.794. The average molecular weight is 986 g/mol. The Morgan fingerprint density at radius 2 is 0.812 bits per heavy atom. The summed E-state index contributed by atoms with van der Waals surface area (Å²) in [6, 6.07) is 0. The van der Waals surface area contributed by atoms with Crippen molar-refractivity contribution in [3.8, 4) is 0 Å². The van der Waals surface area contributed by atoms with Gasteiger partial charge in [0.1, 0.15) is 6.61 Å². The monoisotopic (exact) mass is 985 g/mol. The van der Waals surface area contributed by atoms with E-state index in [1.54, 1.807) is 0 Å². The minimum atomic E-state index is -0.209. The first-order chi connectivity index (χ1) is 30.8. The number of carbonyl (C=O) groups is 1. The molecule has 6 saturated carbocycles. The predicted octanol–water partition coefficient (Wildman–Crippen LogP) is 14.5. The zero-order valence-corrected chi connectivity index (χ0v) is 50.1. The molecule has 5 nitrogen and oxygen atoms in total.